The molecule has 3 unspecified atom stereocenters. The highest BCUT2D eigenvalue weighted by Crippen LogP contribution is 2.71. The lowest BCUT2D eigenvalue weighted by Gasteiger charge is -2.66. The molecule has 1 nitrogen and oxygen atoms in total. The van der Waals surface area contributed by atoms with Crippen molar-refractivity contribution in [1.82, 2.24) is 0 Å². The Morgan fingerprint density at radius 1 is 1.16 bits per heavy atom. The van der Waals surface area contributed by atoms with Crippen LogP contribution in [-0.2, 0) is 0 Å². The van der Waals surface area contributed by atoms with Crippen molar-refractivity contribution in [2.45, 2.75) is 58.4 Å². The Morgan fingerprint density at radius 2 is 1.84 bits per heavy atom. The van der Waals surface area contributed by atoms with Crippen molar-refractivity contribution in [2.75, 3.05) is 0 Å². The fourth-order valence-electron chi connectivity index (χ4n) is 6.65. The molecule has 0 saturated heterocycles. The molecule has 4 aliphatic carbocycles. The summed E-state index contributed by atoms with van der Waals surface area (Å²) in [5.41, 5.74) is 8.31. The quantitative estimate of drug-likeness (QED) is 0.828. The lowest BCUT2D eigenvalue weighted by Crippen LogP contribution is -2.57. The van der Waals surface area contributed by atoms with E-state index in [4.69, 9.17) is 5.73 Å². The van der Waals surface area contributed by atoms with Crippen LogP contribution in [0.2, 0.25) is 0 Å². The smallest absolute Gasteiger partial charge is 0.0447 e. The summed E-state index contributed by atoms with van der Waals surface area (Å²) in [6.45, 7) is 5.07. The maximum absolute atomic E-state index is 6.77. The Hall–Kier alpha value is -0.340. The van der Waals surface area contributed by atoms with E-state index in [1.165, 1.54) is 43.4 Å². The predicted octanol–water partition coefficient (Wildman–Crippen LogP) is 4.74. The second-order valence-corrected chi connectivity index (χ2v) is 9.46. The molecule has 0 aliphatic heterocycles. The molecule has 5 rings (SSSR count). The molecule has 0 spiro atoms. The summed E-state index contributed by atoms with van der Waals surface area (Å²) in [5.74, 6) is 0.942. The van der Waals surface area contributed by atoms with Crippen LogP contribution in [0.15, 0.2) is 17.5 Å². The molecule has 2 N–H and O–H groups in total. The minimum atomic E-state index is 0.273. The van der Waals surface area contributed by atoms with E-state index in [1.807, 2.05) is 11.3 Å². The zero-order valence-electron chi connectivity index (χ0n) is 12.1. The second kappa shape index (κ2) is 3.65. The molecule has 0 amide bonds. The van der Waals surface area contributed by atoms with Crippen LogP contribution in [-0.4, -0.2) is 0 Å². The number of rotatable bonds is 2. The molecule has 4 fully saturated rings. The molecule has 0 aromatic carbocycles. The molecular weight excluding hydrogens is 250 g/mol. The molecule has 1 aromatic heterocycles. The van der Waals surface area contributed by atoms with E-state index in [0.717, 1.165) is 5.92 Å². The number of nitrogens with two attached hydrogens (primary N) is 1. The molecule has 0 radical (unpaired) electrons. The van der Waals surface area contributed by atoms with Crippen LogP contribution < -0.4 is 5.73 Å². The van der Waals surface area contributed by atoms with Gasteiger partial charge in [-0.3, -0.25) is 0 Å². The van der Waals surface area contributed by atoms with Gasteiger partial charge < -0.3 is 5.73 Å². The van der Waals surface area contributed by atoms with Gasteiger partial charge >= 0.3 is 0 Å². The molecule has 4 bridgehead atoms. The van der Waals surface area contributed by atoms with Crippen molar-refractivity contribution >= 4 is 11.3 Å². The Kier molecular flexibility index (Phi) is 2.38. The van der Waals surface area contributed by atoms with Crippen LogP contribution in [0.25, 0.3) is 0 Å². The highest BCUT2D eigenvalue weighted by atomic mass is 32.1. The third kappa shape index (κ3) is 1.76. The first-order valence-corrected chi connectivity index (χ1v) is 8.59. The highest BCUT2D eigenvalue weighted by molar-refractivity contribution is 7.10. The van der Waals surface area contributed by atoms with Crippen molar-refractivity contribution in [3.8, 4) is 0 Å². The molecular formula is C17H25NS. The standard InChI is InChI=1S/C17H25NS/c1-15-6-12-7-16(2,9-15)11-17(8-12,10-15)14(18)13-4-3-5-19-13/h3-5,12,14H,6-11,18H2,1-2H3. The zero-order chi connectivity index (χ0) is 13.3. The summed E-state index contributed by atoms with van der Waals surface area (Å²) in [5, 5.41) is 2.18. The van der Waals surface area contributed by atoms with Crippen molar-refractivity contribution in [3.05, 3.63) is 22.4 Å². The van der Waals surface area contributed by atoms with Crippen LogP contribution >= 0.6 is 11.3 Å². The van der Waals surface area contributed by atoms with Crippen LogP contribution in [0.4, 0.5) is 0 Å². The summed E-state index contributed by atoms with van der Waals surface area (Å²) in [7, 11) is 0. The number of thiophene rings is 1. The van der Waals surface area contributed by atoms with Gasteiger partial charge in [-0.25, -0.2) is 0 Å². The van der Waals surface area contributed by atoms with E-state index in [-0.39, 0.29) is 6.04 Å². The van der Waals surface area contributed by atoms with E-state index in [2.05, 4.69) is 31.4 Å². The molecule has 2 heteroatoms. The Morgan fingerprint density at radius 3 is 2.37 bits per heavy atom. The zero-order valence-corrected chi connectivity index (χ0v) is 12.9. The van der Waals surface area contributed by atoms with Gasteiger partial charge in [-0.1, -0.05) is 19.9 Å². The maximum Gasteiger partial charge on any atom is 0.0447 e. The highest BCUT2D eigenvalue weighted by Gasteiger charge is 2.61. The maximum atomic E-state index is 6.77. The summed E-state index contributed by atoms with van der Waals surface area (Å²) < 4.78 is 0. The monoisotopic (exact) mass is 275 g/mol. The Labute approximate surface area is 120 Å². The van der Waals surface area contributed by atoms with Gasteiger partial charge in [0.05, 0.1) is 0 Å². The normalized spacial score (nSPS) is 49.5. The van der Waals surface area contributed by atoms with Gasteiger partial charge in [-0.05, 0) is 72.1 Å². The van der Waals surface area contributed by atoms with Gasteiger partial charge in [0.25, 0.3) is 0 Å². The first kappa shape index (κ1) is 12.4. The van der Waals surface area contributed by atoms with E-state index < -0.39 is 0 Å². The third-order valence-electron chi connectivity index (χ3n) is 6.18. The second-order valence-electron chi connectivity index (χ2n) is 8.49. The molecule has 1 heterocycles. The van der Waals surface area contributed by atoms with Crippen molar-refractivity contribution < 1.29 is 0 Å². The number of hydrogen-bond acceptors (Lipinski definition) is 2. The van der Waals surface area contributed by atoms with Crippen LogP contribution in [0, 0.1) is 22.2 Å². The molecule has 4 saturated carbocycles. The van der Waals surface area contributed by atoms with E-state index in [0.29, 0.717) is 16.2 Å². The van der Waals surface area contributed by atoms with Gasteiger partial charge in [0.15, 0.2) is 0 Å². The molecule has 3 atom stereocenters. The lowest BCUT2D eigenvalue weighted by atomic mass is 9.39. The van der Waals surface area contributed by atoms with Gasteiger partial charge in [-0.2, -0.15) is 0 Å². The molecule has 19 heavy (non-hydrogen) atoms. The van der Waals surface area contributed by atoms with Gasteiger partial charge in [-0.15, -0.1) is 11.3 Å². The molecule has 4 aliphatic rings. The van der Waals surface area contributed by atoms with E-state index in [9.17, 15) is 0 Å². The molecule has 1 aromatic rings. The average molecular weight is 275 g/mol. The van der Waals surface area contributed by atoms with Crippen LogP contribution in [0.1, 0.15) is 63.3 Å². The van der Waals surface area contributed by atoms with Crippen LogP contribution in [0.3, 0.4) is 0 Å². The fraction of sp³-hybridized carbons (Fsp3) is 0.765. The third-order valence-corrected chi connectivity index (χ3v) is 7.13. The van der Waals surface area contributed by atoms with E-state index >= 15 is 0 Å². The Balaban J connectivity index is 1.75. The van der Waals surface area contributed by atoms with Crippen molar-refractivity contribution in [3.63, 3.8) is 0 Å². The Bertz CT molecular complexity index is 473. The lowest BCUT2D eigenvalue weighted by molar-refractivity contribution is -0.154. The molecule has 104 valence electrons. The first-order chi connectivity index (χ1) is 8.92. The first-order valence-electron chi connectivity index (χ1n) is 7.71. The summed E-state index contributed by atoms with van der Waals surface area (Å²) in [6, 6.07) is 4.68. The predicted molar refractivity (Wildman–Crippen MR) is 81.1 cm³/mol. The van der Waals surface area contributed by atoms with Gasteiger partial charge in [0.1, 0.15) is 0 Å². The minimum absolute atomic E-state index is 0.273. The number of hydrogen-bond donors (Lipinski definition) is 1. The van der Waals surface area contributed by atoms with Gasteiger partial charge in [0.2, 0.25) is 0 Å². The average Bonchev–Trinajstić information content (AvgIpc) is 2.75. The SMILES string of the molecule is CC12CC3CC(C)(C1)CC(C(N)c1cccs1)(C3)C2. The fourth-order valence-corrected chi connectivity index (χ4v) is 7.52. The van der Waals surface area contributed by atoms with Crippen LogP contribution in [0.5, 0.6) is 0 Å². The van der Waals surface area contributed by atoms with Crippen molar-refractivity contribution in [1.29, 1.82) is 0 Å². The largest absolute Gasteiger partial charge is 0.323 e. The summed E-state index contributed by atoms with van der Waals surface area (Å²) in [4.78, 5) is 1.41. The van der Waals surface area contributed by atoms with E-state index in [1.54, 1.807) is 0 Å². The minimum Gasteiger partial charge on any atom is -0.323 e. The summed E-state index contributed by atoms with van der Waals surface area (Å²) in [6.07, 6.45) is 8.48. The topological polar surface area (TPSA) is 26.0 Å². The van der Waals surface area contributed by atoms with Gasteiger partial charge in [0, 0.05) is 10.9 Å². The van der Waals surface area contributed by atoms with Crippen molar-refractivity contribution in [2.24, 2.45) is 27.9 Å². The summed E-state index contributed by atoms with van der Waals surface area (Å²) >= 11 is 1.85.